The standard InChI is InChI=1S/C13H13BrCl2N2/c1-2-12-11(7-15)13(16)18(17-12)8-9-4-3-5-10(14)6-9/h3-6H,2,7-8H2,1H3. The lowest BCUT2D eigenvalue weighted by molar-refractivity contribution is 0.674. The third-order valence-corrected chi connectivity index (χ3v) is 3.94. The summed E-state index contributed by atoms with van der Waals surface area (Å²) in [7, 11) is 0. The Morgan fingerprint density at radius 1 is 1.39 bits per heavy atom. The van der Waals surface area contributed by atoms with Gasteiger partial charge in [0, 0.05) is 10.0 Å². The molecule has 0 N–H and O–H groups in total. The van der Waals surface area contributed by atoms with Gasteiger partial charge in [-0.3, -0.25) is 0 Å². The molecule has 2 nitrogen and oxygen atoms in total. The molecule has 0 aliphatic carbocycles. The summed E-state index contributed by atoms with van der Waals surface area (Å²) in [6.07, 6.45) is 0.841. The molecular formula is C13H13BrCl2N2. The molecule has 0 aliphatic rings. The van der Waals surface area contributed by atoms with Gasteiger partial charge < -0.3 is 0 Å². The summed E-state index contributed by atoms with van der Waals surface area (Å²) in [6, 6.07) is 8.11. The van der Waals surface area contributed by atoms with Crippen molar-refractivity contribution in [3.05, 3.63) is 50.7 Å². The van der Waals surface area contributed by atoms with Gasteiger partial charge in [-0.05, 0) is 24.1 Å². The lowest BCUT2D eigenvalue weighted by Crippen LogP contribution is -2.02. The average Bonchev–Trinajstić information content (AvgIpc) is 2.66. The number of hydrogen-bond donors (Lipinski definition) is 0. The van der Waals surface area contributed by atoms with Crippen LogP contribution in [0.1, 0.15) is 23.7 Å². The summed E-state index contributed by atoms with van der Waals surface area (Å²) < 4.78 is 2.86. The van der Waals surface area contributed by atoms with E-state index in [9.17, 15) is 0 Å². The monoisotopic (exact) mass is 346 g/mol. The van der Waals surface area contributed by atoms with E-state index < -0.39 is 0 Å². The average molecular weight is 348 g/mol. The Balaban J connectivity index is 2.32. The van der Waals surface area contributed by atoms with Gasteiger partial charge in [0.05, 0.1) is 18.1 Å². The minimum absolute atomic E-state index is 0.403. The van der Waals surface area contributed by atoms with Crippen LogP contribution in [0.4, 0.5) is 0 Å². The second kappa shape index (κ2) is 6.09. The van der Waals surface area contributed by atoms with Crippen molar-refractivity contribution < 1.29 is 0 Å². The summed E-state index contributed by atoms with van der Waals surface area (Å²) in [5.41, 5.74) is 3.07. The fourth-order valence-electron chi connectivity index (χ4n) is 1.85. The zero-order chi connectivity index (χ0) is 13.1. The van der Waals surface area contributed by atoms with E-state index >= 15 is 0 Å². The normalized spacial score (nSPS) is 10.9. The molecular weight excluding hydrogens is 335 g/mol. The van der Waals surface area contributed by atoms with Crippen molar-refractivity contribution in [1.29, 1.82) is 0 Å². The molecule has 0 aliphatic heterocycles. The predicted octanol–water partition coefficient (Wildman–Crippen LogP) is 4.65. The topological polar surface area (TPSA) is 17.8 Å². The van der Waals surface area contributed by atoms with Crippen molar-refractivity contribution in [2.45, 2.75) is 25.8 Å². The van der Waals surface area contributed by atoms with E-state index in [0.717, 1.165) is 27.7 Å². The van der Waals surface area contributed by atoms with Crippen molar-refractivity contribution in [2.24, 2.45) is 0 Å². The molecule has 2 rings (SSSR count). The van der Waals surface area contributed by atoms with Crippen molar-refractivity contribution in [3.63, 3.8) is 0 Å². The fourth-order valence-corrected chi connectivity index (χ4v) is 2.92. The molecule has 0 spiro atoms. The Kier molecular flexibility index (Phi) is 4.71. The maximum absolute atomic E-state index is 6.30. The van der Waals surface area contributed by atoms with Crippen LogP contribution in [0.5, 0.6) is 0 Å². The maximum atomic E-state index is 6.30. The molecule has 0 fully saturated rings. The second-order valence-electron chi connectivity index (χ2n) is 3.99. The molecule has 0 saturated heterocycles. The summed E-state index contributed by atoms with van der Waals surface area (Å²) in [5, 5.41) is 5.15. The number of nitrogens with zero attached hydrogens (tertiary/aromatic N) is 2. The number of benzene rings is 1. The quantitative estimate of drug-likeness (QED) is 0.736. The lowest BCUT2D eigenvalue weighted by atomic mass is 10.2. The van der Waals surface area contributed by atoms with E-state index in [4.69, 9.17) is 23.2 Å². The first-order chi connectivity index (χ1) is 8.65. The molecule has 0 atom stereocenters. The van der Waals surface area contributed by atoms with Crippen LogP contribution in [0.25, 0.3) is 0 Å². The van der Waals surface area contributed by atoms with Gasteiger partial charge in [-0.1, -0.05) is 46.6 Å². The van der Waals surface area contributed by atoms with E-state index in [2.05, 4.69) is 40.1 Å². The van der Waals surface area contributed by atoms with Crippen molar-refractivity contribution >= 4 is 39.1 Å². The molecule has 0 amide bonds. The highest BCUT2D eigenvalue weighted by molar-refractivity contribution is 9.10. The van der Waals surface area contributed by atoms with E-state index in [1.807, 2.05) is 12.1 Å². The lowest BCUT2D eigenvalue weighted by Gasteiger charge is -2.04. The van der Waals surface area contributed by atoms with Crippen LogP contribution in [0.2, 0.25) is 5.15 Å². The summed E-state index contributed by atoms with van der Waals surface area (Å²) in [4.78, 5) is 0. The number of halogens is 3. The molecule has 1 heterocycles. The maximum Gasteiger partial charge on any atom is 0.132 e. The number of aryl methyl sites for hydroxylation is 1. The first-order valence-electron chi connectivity index (χ1n) is 5.70. The highest BCUT2D eigenvalue weighted by Crippen LogP contribution is 2.24. The van der Waals surface area contributed by atoms with Gasteiger partial charge in [-0.15, -0.1) is 11.6 Å². The van der Waals surface area contributed by atoms with E-state index in [-0.39, 0.29) is 0 Å². The Morgan fingerprint density at radius 3 is 2.72 bits per heavy atom. The molecule has 0 unspecified atom stereocenters. The Bertz CT molecular complexity index is 552. The van der Waals surface area contributed by atoms with Crippen LogP contribution >= 0.6 is 39.1 Å². The molecule has 96 valence electrons. The van der Waals surface area contributed by atoms with Gasteiger partial charge in [0.15, 0.2) is 0 Å². The first-order valence-corrected chi connectivity index (χ1v) is 7.40. The third-order valence-electron chi connectivity index (χ3n) is 2.76. The largest absolute Gasteiger partial charge is 0.249 e. The zero-order valence-electron chi connectivity index (χ0n) is 9.96. The number of rotatable bonds is 4. The molecule has 1 aromatic carbocycles. The number of aromatic nitrogens is 2. The van der Waals surface area contributed by atoms with Gasteiger partial charge in [-0.25, -0.2) is 4.68 Å². The summed E-state index contributed by atoms with van der Waals surface area (Å²) in [6.45, 7) is 2.71. The molecule has 2 aromatic rings. The van der Waals surface area contributed by atoms with Crippen LogP contribution in [0.15, 0.2) is 28.7 Å². The van der Waals surface area contributed by atoms with Crippen LogP contribution in [0.3, 0.4) is 0 Å². The zero-order valence-corrected chi connectivity index (χ0v) is 13.1. The van der Waals surface area contributed by atoms with Crippen LogP contribution < -0.4 is 0 Å². The van der Waals surface area contributed by atoms with Gasteiger partial charge >= 0.3 is 0 Å². The van der Waals surface area contributed by atoms with E-state index in [1.54, 1.807) is 4.68 Å². The van der Waals surface area contributed by atoms with Gasteiger partial charge in [-0.2, -0.15) is 5.10 Å². The summed E-state index contributed by atoms with van der Waals surface area (Å²) >= 11 is 15.7. The molecule has 0 bridgehead atoms. The highest BCUT2D eigenvalue weighted by Gasteiger charge is 2.14. The van der Waals surface area contributed by atoms with Crippen LogP contribution in [-0.4, -0.2) is 9.78 Å². The first kappa shape index (κ1) is 13.9. The highest BCUT2D eigenvalue weighted by atomic mass is 79.9. The Hall–Kier alpha value is -0.510. The molecule has 0 radical (unpaired) electrons. The van der Waals surface area contributed by atoms with Gasteiger partial charge in [0.1, 0.15) is 5.15 Å². The van der Waals surface area contributed by atoms with Crippen molar-refractivity contribution in [2.75, 3.05) is 0 Å². The van der Waals surface area contributed by atoms with Crippen molar-refractivity contribution in [3.8, 4) is 0 Å². The number of alkyl halides is 1. The predicted molar refractivity (Wildman–Crippen MR) is 79.4 cm³/mol. The molecule has 0 saturated carbocycles. The van der Waals surface area contributed by atoms with Crippen LogP contribution in [-0.2, 0) is 18.8 Å². The van der Waals surface area contributed by atoms with E-state index in [1.165, 1.54) is 0 Å². The minimum atomic E-state index is 0.403. The molecule has 18 heavy (non-hydrogen) atoms. The minimum Gasteiger partial charge on any atom is -0.249 e. The fraction of sp³-hybridized carbons (Fsp3) is 0.308. The Labute approximate surface area is 125 Å². The van der Waals surface area contributed by atoms with Gasteiger partial charge in [0.2, 0.25) is 0 Å². The van der Waals surface area contributed by atoms with Gasteiger partial charge in [0.25, 0.3) is 0 Å². The smallest absolute Gasteiger partial charge is 0.132 e. The molecule has 1 aromatic heterocycles. The van der Waals surface area contributed by atoms with E-state index in [0.29, 0.717) is 17.6 Å². The number of hydrogen-bond acceptors (Lipinski definition) is 1. The van der Waals surface area contributed by atoms with Crippen molar-refractivity contribution in [1.82, 2.24) is 9.78 Å². The van der Waals surface area contributed by atoms with Crippen LogP contribution in [0, 0.1) is 0 Å². The SMILES string of the molecule is CCc1nn(Cc2cccc(Br)c2)c(Cl)c1CCl. The summed E-state index contributed by atoms with van der Waals surface area (Å²) in [5.74, 6) is 0.403. The molecule has 5 heteroatoms. The second-order valence-corrected chi connectivity index (χ2v) is 5.53. The Morgan fingerprint density at radius 2 is 2.17 bits per heavy atom. The third kappa shape index (κ3) is 2.90.